The fraction of sp³-hybridized carbons (Fsp3) is 0.360. The number of hydrogen-bond donors (Lipinski definition) is 1. The van der Waals surface area contributed by atoms with Crippen LogP contribution in [0.3, 0.4) is 0 Å². The van der Waals surface area contributed by atoms with Gasteiger partial charge in [0.1, 0.15) is 39.1 Å². The number of benzene rings is 1. The fourth-order valence-electron chi connectivity index (χ4n) is 4.17. The molecule has 1 aliphatic heterocycles. The smallest absolute Gasteiger partial charge is 0.144 e. The molecule has 0 bridgehead atoms. The van der Waals surface area contributed by atoms with Crippen molar-refractivity contribution in [3.05, 3.63) is 51.5 Å². The molecule has 0 aliphatic carbocycles. The Balaban J connectivity index is 1.54. The van der Waals surface area contributed by atoms with Crippen LogP contribution in [0, 0.1) is 28.6 Å². The van der Waals surface area contributed by atoms with E-state index in [0.29, 0.717) is 33.0 Å². The van der Waals surface area contributed by atoms with E-state index >= 15 is 0 Å². The summed E-state index contributed by atoms with van der Waals surface area (Å²) in [5.41, 5.74) is 9.38. The minimum absolute atomic E-state index is 0.158. The average Bonchev–Trinajstić information content (AvgIpc) is 3.35. The van der Waals surface area contributed by atoms with Crippen LogP contribution in [0.5, 0.6) is 0 Å². The number of nitriles is 2. The molecule has 1 aromatic carbocycles. The minimum Gasteiger partial charge on any atom is -0.385 e. The Bertz CT molecular complexity index is 1260. The molecule has 3 heterocycles. The molecule has 10 heteroatoms. The number of hydrogen-bond acceptors (Lipinski definition) is 9. The first-order valence-electron chi connectivity index (χ1n) is 11.2. The van der Waals surface area contributed by atoms with Gasteiger partial charge in [-0.1, -0.05) is 35.5 Å². The quantitative estimate of drug-likeness (QED) is 0.372. The van der Waals surface area contributed by atoms with Gasteiger partial charge >= 0.3 is 0 Å². The van der Waals surface area contributed by atoms with Crippen molar-refractivity contribution in [3.63, 3.8) is 0 Å². The van der Waals surface area contributed by atoms with Gasteiger partial charge in [-0.05, 0) is 37.3 Å². The predicted octanol–water partition coefficient (Wildman–Crippen LogP) is 5.73. The van der Waals surface area contributed by atoms with Gasteiger partial charge in [0.25, 0.3) is 0 Å². The van der Waals surface area contributed by atoms with E-state index in [9.17, 15) is 10.5 Å². The molecular weight excluding hydrogens is 500 g/mol. The first-order valence-corrected chi connectivity index (χ1v) is 13.5. The Labute approximate surface area is 218 Å². The van der Waals surface area contributed by atoms with Crippen LogP contribution in [0.4, 0.5) is 11.5 Å². The van der Waals surface area contributed by atoms with Crippen molar-refractivity contribution in [3.8, 4) is 22.7 Å². The predicted molar refractivity (Wildman–Crippen MR) is 142 cm³/mol. The van der Waals surface area contributed by atoms with Crippen LogP contribution >= 0.6 is 34.7 Å². The van der Waals surface area contributed by atoms with Gasteiger partial charge in [-0.3, -0.25) is 0 Å². The monoisotopic (exact) mass is 524 g/mol. The molecule has 0 atom stereocenters. The van der Waals surface area contributed by atoms with Gasteiger partial charge in [-0.25, -0.2) is 9.97 Å². The third-order valence-electron chi connectivity index (χ3n) is 6.05. The van der Waals surface area contributed by atoms with Crippen molar-refractivity contribution in [1.82, 2.24) is 9.97 Å². The van der Waals surface area contributed by atoms with Crippen molar-refractivity contribution in [1.29, 1.82) is 10.5 Å². The second-order valence-corrected chi connectivity index (χ2v) is 10.5. The highest BCUT2D eigenvalue weighted by Gasteiger charge is 2.27. The third-order valence-corrected chi connectivity index (χ3v) is 8.25. The fourth-order valence-corrected chi connectivity index (χ4v) is 6.11. The van der Waals surface area contributed by atoms with Crippen LogP contribution in [-0.2, 0) is 10.5 Å². The van der Waals surface area contributed by atoms with Gasteiger partial charge in [0.2, 0.25) is 0 Å². The number of rotatable bonds is 8. The number of nitrogen functional groups attached to an aromatic ring is 1. The second-order valence-electron chi connectivity index (χ2n) is 8.28. The highest BCUT2D eigenvalue weighted by Crippen LogP contribution is 2.38. The number of anilines is 2. The number of piperidine rings is 1. The molecule has 1 aliphatic rings. The standard InChI is InChI=1S/C25H25ClN6OS2/c1-33-11-8-16-6-9-32(10-7-16)22-20(12-27)23(29)31-25(21(22)13-28)35-15-19-14-34-24(30-19)17-2-4-18(26)5-3-17/h2-5,14,16H,6-11,15H2,1H3,(H2,29,31). The zero-order chi connectivity index (χ0) is 24.8. The van der Waals surface area contributed by atoms with Gasteiger partial charge in [0, 0.05) is 48.5 Å². The summed E-state index contributed by atoms with van der Waals surface area (Å²) in [6, 6.07) is 12.1. The Kier molecular flexibility index (Phi) is 8.48. The summed E-state index contributed by atoms with van der Waals surface area (Å²) in [7, 11) is 1.72. The number of ether oxygens (including phenoxy) is 1. The van der Waals surface area contributed by atoms with Crippen molar-refractivity contribution in [2.45, 2.75) is 30.0 Å². The van der Waals surface area contributed by atoms with Crippen LogP contribution < -0.4 is 10.6 Å². The first kappa shape index (κ1) is 25.3. The number of halogens is 1. The minimum atomic E-state index is 0.158. The SMILES string of the molecule is COCCC1CCN(c2c(C#N)c(N)nc(SCc3csc(-c4ccc(Cl)cc4)n3)c2C#N)CC1. The van der Waals surface area contributed by atoms with Crippen LogP contribution in [0.25, 0.3) is 10.6 Å². The first-order chi connectivity index (χ1) is 17.0. The Morgan fingerprint density at radius 1 is 1.17 bits per heavy atom. The summed E-state index contributed by atoms with van der Waals surface area (Å²) in [5.74, 6) is 1.27. The van der Waals surface area contributed by atoms with Crippen LogP contribution in [0.1, 0.15) is 36.1 Å². The summed E-state index contributed by atoms with van der Waals surface area (Å²) < 4.78 is 5.22. The van der Waals surface area contributed by atoms with Crippen molar-refractivity contribution in [2.75, 3.05) is 37.4 Å². The number of thiazole rings is 1. The zero-order valence-corrected chi connectivity index (χ0v) is 21.7. The number of aromatic nitrogens is 2. The van der Waals surface area contributed by atoms with E-state index in [0.717, 1.165) is 55.2 Å². The Morgan fingerprint density at radius 2 is 1.89 bits per heavy atom. The lowest BCUT2D eigenvalue weighted by atomic mass is 9.93. The van der Waals surface area contributed by atoms with E-state index < -0.39 is 0 Å². The Morgan fingerprint density at radius 3 is 2.54 bits per heavy atom. The van der Waals surface area contributed by atoms with Crippen LogP contribution in [0.2, 0.25) is 5.02 Å². The average molecular weight is 525 g/mol. The van der Waals surface area contributed by atoms with Crippen molar-refractivity contribution in [2.24, 2.45) is 5.92 Å². The Hall–Kier alpha value is -2.82. The maximum absolute atomic E-state index is 10.1. The molecule has 0 spiro atoms. The molecule has 0 radical (unpaired) electrons. The molecule has 7 nitrogen and oxygen atoms in total. The van der Waals surface area contributed by atoms with Gasteiger partial charge in [0.15, 0.2) is 0 Å². The van der Waals surface area contributed by atoms with E-state index in [-0.39, 0.29) is 11.4 Å². The number of nitrogens with two attached hydrogens (primary N) is 1. The summed E-state index contributed by atoms with van der Waals surface area (Å²) >= 11 is 8.96. The van der Waals surface area contributed by atoms with E-state index in [1.54, 1.807) is 18.4 Å². The van der Waals surface area contributed by atoms with E-state index in [4.69, 9.17) is 27.1 Å². The topological polar surface area (TPSA) is 112 Å². The van der Waals surface area contributed by atoms with Crippen LogP contribution in [0.15, 0.2) is 34.7 Å². The molecule has 2 aromatic heterocycles. The summed E-state index contributed by atoms with van der Waals surface area (Å²) in [4.78, 5) is 11.3. The largest absolute Gasteiger partial charge is 0.385 e. The van der Waals surface area contributed by atoms with Crippen LogP contribution in [-0.4, -0.2) is 36.8 Å². The number of thioether (sulfide) groups is 1. The van der Waals surface area contributed by atoms with Crippen molar-refractivity contribution >= 4 is 46.2 Å². The van der Waals surface area contributed by atoms with Gasteiger partial charge in [0.05, 0.1) is 11.4 Å². The van der Waals surface area contributed by atoms with E-state index in [2.05, 4.69) is 22.0 Å². The summed E-state index contributed by atoms with van der Waals surface area (Å²) in [5, 5.41) is 24.0. The van der Waals surface area contributed by atoms with Gasteiger partial charge in [-0.2, -0.15) is 10.5 Å². The molecule has 1 saturated heterocycles. The molecular formula is C25H25ClN6OS2. The molecule has 1 fully saturated rings. The highest BCUT2D eigenvalue weighted by molar-refractivity contribution is 7.98. The number of pyridine rings is 1. The second kappa shape index (κ2) is 11.7. The van der Waals surface area contributed by atoms with E-state index in [1.807, 2.05) is 29.6 Å². The van der Waals surface area contributed by atoms with Gasteiger partial charge in [-0.15, -0.1) is 11.3 Å². The zero-order valence-electron chi connectivity index (χ0n) is 19.3. The molecule has 0 unspecified atom stereocenters. The molecule has 4 rings (SSSR count). The van der Waals surface area contributed by atoms with Gasteiger partial charge < -0.3 is 15.4 Å². The van der Waals surface area contributed by atoms with Crippen molar-refractivity contribution < 1.29 is 4.74 Å². The molecule has 35 heavy (non-hydrogen) atoms. The highest BCUT2D eigenvalue weighted by atomic mass is 35.5. The molecule has 180 valence electrons. The van der Waals surface area contributed by atoms with E-state index in [1.165, 1.54) is 11.8 Å². The lowest BCUT2D eigenvalue weighted by Crippen LogP contribution is -2.35. The number of nitrogens with zero attached hydrogens (tertiary/aromatic N) is 5. The maximum atomic E-state index is 10.1. The third kappa shape index (κ3) is 5.88. The molecule has 0 amide bonds. The summed E-state index contributed by atoms with van der Waals surface area (Å²) in [6.45, 7) is 2.28. The lowest BCUT2D eigenvalue weighted by Gasteiger charge is -2.35. The molecule has 2 N–H and O–H groups in total. The lowest BCUT2D eigenvalue weighted by molar-refractivity contribution is 0.170. The number of methoxy groups -OCH3 is 1. The molecule has 0 saturated carbocycles. The summed E-state index contributed by atoms with van der Waals surface area (Å²) in [6.07, 6.45) is 2.98. The maximum Gasteiger partial charge on any atom is 0.144 e. The molecule has 3 aromatic rings. The normalized spacial score (nSPS) is 14.0.